The molecule has 0 aromatic heterocycles. The van der Waals surface area contributed by atoms with Gasteiger partial charge in [-0.3, -0.25) is 13.9 Å². The number of anilines is 1. The minimum atomic E-state index is -3.78. The van der Waals surface area contributed by atoms with Crippen molar-refractivity contribution >= 4 is 50.7 Å². The van der Waals surface area contributed by atoms with Gasteiger partial charge >= 0.3 is 0 Å². The summed E-state index contributed by atoms with van der Waals surface area (Å²) >= 11 is 12.2. The van der Waals surface area contributed by atoms with Gasteiger partial charge in [0.1, 0.15) is 12.6 Å². The Labute approximate surface area is 218 Å². The zero-order valence-corrected chi connectivity index (χ0v) is 23.0. The Hall–Kier alpha value is -2.29. The van der Waals surface area contributed by atoms with E-state index in [1.54, 1.807) is 49.4 Å². The van der Waals surface area contributed by atoms with Gasteiger partial charge in [-0.25, -0.2) is 8.42 Å². The molecule has 0 aliphatic rings. The van der Waals surface area contributed by atoms with Crippen LogP contribution in [0, 0.1) is 6.92 Å². The van der Waals surface area contributed by atoms with Crippen molar-refractivity contribution in [2.45, 2.75) is 59.2 Å². The zero-order chi connectivity index (χ0) is 26.3. The molecule has 10 heteroatoms. The number of nitrogens with one attached hydrogen (secondary N) is 1. The van der Waals surface area contributed by atoms with Crippen LogP contribution in [0.15, 0.2) is 42.5 Å². The summed E-state index contributed by atoms with van der Waals surface area (Å²) in [4.78, 5) is 28.2. The van der Waals surface area contributed by atoms with Crippen molar-refractivity contribution in [2.75, 3.05) is 17.1 Å². The number of halogens is 2. The van der Waals surface area contributed by atoms with E-state index in [4.69, 9.17) is 23.2 Å². The minimum Gasteiger partial charge on any atom is -0.352 e. The molecule has 1 N–H and O–H groups in total. The van der Waals surface area contributed by atoms with Crippen LogP contribution in [-0.2, 0) is 26.2 Å². The lowest BCUT2D eigenvalue weighted by Crippen LogP contribution is -2.53. The molecule has 0 spiro atoms. The summed E-state index contributed by atoms with van der Waals surface area (Å²) in [5, 5.41) is 3.63. The fourth-order valence-electron chi connectivity index (χ4n) is 3.63. The van der Waals surface area contributed by atoms with Gasteiger partial charge in [0.2, 0.25) is 21.8 Å². The molecule has 2 atom stereocenters. The van der Waals surface area contributed by atoms with Gasteiger partial charge in [0.25, 0.3) is 0 Å². The molecule has 2 amide bonds. The molecule has 2 aromatic carbocycles. The summed E-state index contributed by atoms with van der Waals surface area (Å²) in [6.45, 7) is 7.05. The summed E-state index contributed by atoms with van der Waals surface area (Å²) in [6.07, 6.45) is 2.14. The smallest absolute Gasteiger partial charge is 0.244 e. The lowest BCUT2D eigenvalue weighted by atomic mass is 10.1. The second-order valence-electron chi connectivity index (χ2n) is 8.57. The predicted octanol–water partition coefficient (Wildman–Crippen LogP) is 4.79. The van der Waals surface area contributed by atoms with Gasteiger partial charge in [0.05, 0.1) is 22.0 Å². The molecule has 7 nitrogen and oxygen atoms in total. The SMILES string of the molecule is CC[C@@H](C)NC(=O)[C@@H](CC)N(Cc1ccc(Cl)c(Cl)c1)C(=O)CN(c1ccccc1C)S(C)(=O)=O. The van der Waals surface area contributed by atoms with Crippen LogP contribution in [-0.4, -0.2) is 50.0 Å². The van der Waals surface area contributed by atoms with Crippen molar-refractivity contribution < 1.29 is 18.0 Å². The van der Waals surface area contributed by atoms with E-state index in [1.165, 1.54) is 4.90 Å². The number of amides is 2. The van der Waals surface area contributed by atoms with Crippen molar-refractivity contribution in [1.82, 2.24) is 10.2 Å². The maximum Gasteiger partial charge on any atom is 0.244 e. The topological polar surface area (TPSA) is 86.8 Å². The first-order chi connectivity index (χ1) is 16.4. The Morgan fingerprint density at radius 1 is 1.03 bits per heavy atom. The van der Waals surface area contributed by atoms with E-state index < -0.39 is 28.5 Å². The van der Waals surface area contributed by atoms with Gasteiger partial charge in [0.15, 0.2) is 0 Å². The Morgan fingerprint density at radius 3 is 2.23 bits per heavy atom. The van der Waals surface area contributed by atoms with E-state index in [-0.39, 0.29) is 18.5 Å². The van der Waals surface area contributed by atoms with Crippen LogP contribution < -0.4 is 9.62 Å². The van der Waals surface area contributed by atoms with Gasteiger partial charge < -0.3 is 10.2 Å². The molecular formula is C25H33Cl2N3O4S. The van der Waals surface area contributed by atoms with Crippen molar-refractivity contribution in [1.29, 1.82) is 0 Å². The lowest BCUT2D eigenvalue weighted by molar-refractivity contribution is -0.140. The van der Waals surface area contributed by atoms with Crippen LogP contribution in [0.2, 0.25) is 10.0 Å². The van der Waals surface area contributed by atoms with E-state index in [9.17, 15) is 18.0 Å². The Morgan fingerprint density at radius 2 is 1.69 bits per heavy atom. The Bertz CT molecular complexity index is 1160. The van der Waals surface area contributed by atoms with Crippen LogP contribution in [0.5, 0.6) is 0 Å². The number of hydrogen-bond acceptors (Lipinski definition) is 4. The van der Waals surface area contributed by atoms with Crippen LogP contribution >= 0.6 is 23.2 Å². The van der Waals surface area contributed by atoms with Crippen LogP contribution in [0.25, 0.3) is 0 Å². The van der Waals surface area contributed by atoms with E-state index in [0.717, 1.165) is 17.0 Å². The van der Waals surface area contributed by atoms with E-state index in [0.29, 0.717) is 33.3 Å². The zero-order valence-electron chi connectivity index (χ0n) is 20.7. The number of nitrogens with zero attached hydrogens (tertiary/aromatic N) is 2. The molecule has 2 rings (SSSR count). The van der Waals surface area contributed by atoms with E-state index in [1.807, 2.05) is 20.8 Å². The molecule has 0 unspecified atom stereocenters. The number of sulfonamides is 1. The number of hydrogen-bond donors (Lipinski definition) is 1. The maximum atomic E-state index is 13.7. The highest BCUT2D eigenvalue weighted by molar-refractivity contribution is 7.92. The molecule has 0 saturated carbocycles. The number of aryl methyl sites for hydroxylation is 1. The van der Waals surface area contributed by atoms with Crippen molar-refractivity contribution in [3.63, 3.8) is 0 Å². The molecule has 0 aliphatic heterocycles. The fourth-order valence-corrected chi connectivity index (χ4v) is 4.86. The monoisotopic (exact) mass is 541 g/mol. The van der Waals surface area contributed by atoms with E-state index >= 15 is 0 Å². The van der Waals surface area contributed by atoms with Crippen LogP contribution in [0.4, 0.5) is 5.69 Å². The van der Waals surface area contributed by atoms with Crippen molar-refractivity contribution in [3.05, 3.63) is 63.6 Å². The molecule has 0 bridgehead atoms. The van der Waals surface area contributed by atoms with Crippen molar-refractivity contribution in [3.8, 4) is 0 Å². The number of carbonyl (C=O) groups excluding carboxylic acids is 2. The van der Waals surface area contributed by atoms with Crippen molar-refractivity contribution in [2.24, 2.45) is 0 Å². The highest BCUT2D eigenvalue weighted by Gasteiger charge is 2.32. The summed E-state index contributed by atoms with van der Waals surface area (Å²) in [7, 11) is -3.78. The second kappa shape index (κ2) is 12.6. The lowest BCUT2D eigenvalue weighted by Gasteiger charge is -2.33. The molecule has 192 valence electrons. The average molecular weight is 543 g/mol. The molecule has 0 saturated heterocycles. The van der Waals surface area contributed by atoms with Crippen LogP contribution in [0.1, 0.15) is 44.7 Å². The normalized spacial score (nSPS) is 13.1. The van der Waals surface area contributed by atoms with Gasteiger partial charge in [-0.2, -0.15) is 0 Å². The summed E-state index contributed by atoms with van der Waals surface area (Å²) in [5.74, 6) is -0.798. The summed E-state index contributed by atoms with van der Waals surface area (Å²) in [6, 6.07) is 11.1. The fraction of sp³-hybridized carbons (Fsp3) is 0.440. The first-order valence-electron chi connectivity index (χ1n) is 11.5. The Balaban J connectivity index is 2.48. The third-order valence-electron chi connectivity index (χ3n) is 5.79. The second-order valence-corrected chi connectivity index (χ2v) is 11.3. The number of benzene rings is 2. The number of rotatable bonds is 11. The molecular weight excluding hydrogens is 509 g/mol. The highest BCUT2D eigenvalue weighted by Crippen LogP contribution is 2.26. The molecule has 0 fully saturated rings. The summed E-state index contributed by atoms with van der Waals surface area (Å²) < 4.78 is 26.4. The predicted molar refractivity (Wildman–Crippen MR) is 142 cm³/mol. The molecule has 0 aliphatic carbocycles. The minimum absolute atomic E-state index is 0.0630. The summed E-state index contributed by atoms with van der Waals surface area (Å²) in [5.41, 5.74) is 1.79. The molecule has 35 heavy (non-hydrogen) atoms. The highest BCUT2D eigenvalue weighted by atomic mass is 35.5. The standard InChI is InChI=1S/C25H33Cl2N3O4S/c1-6-18(4)28-25(32)22(7-2)29(15-19-12-13-20(26)21(27)14-19)24(31)16-30(35(5,33)34)23-11-9-8-10-17(23)3/h8-14,18,22H,6-7,15-16H2,1-5H3,(H,28,32)/t18-,22-/m1/s1. The first kappa shape index (κ1) is 28.9. The number of para-hydroxylation sites is 1. The van der Waals surface area contributed by atoms with Gasteiger partial charge in [-0.15, -0.1) is 0 Å². The third kappa shape index (κ3) is 7.85. The largest absolute Gasteiger partial charge is 0.352 e. The van der Waals surface area contributed by atoms with Crippen LogP contribution in [0.3, 0.4) is 0 Å². The van der Waals surface area contributed by atoms with E-state index in [2.05, 4.69) is 5.32 Å². The molecule has 2 aromatic rings. The van der Waals surface area contributed by atoms with Gasteiger partial charge in [-0.1, -0.05) is 61.3 Å². The number of carbonyl (C=O) groups is 2. The Kier molecular flexibility index (Phi) is 10.4. The molecule has 0 radical (unpaired) electrons. The third-order valence-corrected chi connectivity index (χ3v) is 7.65. The first-order valence-corrected chi connectivity index (χ1v) is 14.1. The quantitative estimate of drug-likeness (QED) is 0.443. The maximum absolute atomic E-state index is 13.7. The average Bonchev–Trinajstić information content (AvgIpc) is 2.79. The van der Waals surface area contributed by atoms with Gasteiger partial charge in [-0.05, 0) is 56.0 Å². The molecule has 0 heterocycles. The van der Waals surface area contributed by atoms with Gasteiger partial charge in [0, 0.05) is 12.6 Å².